The van der Waals surface area contributed by atoms with Gasteiger partial charge in [-0.3, -0.25) is 0 Å². The van der Waals surface area contributed by atoms with Crippen molar-refractivity contribution in [3.8, 4) is 50.2 Å². The van der Waals surface area contributed by atoms with E-state index >= 15 is 0 Å². The van der Waals surface area contributed by atoms with E-state index in [1.165, 1.54) is 93.4 Å². The molecule has 262 valence electrons. The van der Waals surface area contributed by atoms with Crippen LogP contribution in [0.5, 0.6) is 0 Å². The average Bonchev–Trinajstić information content (AvgIpc) is 3.56. The standard InChI is InChI=1S/C54H41N/c1-54(2,3)42-28-23-36(24-29-42)39-26-31-50-47(33-39)48-34-41(27-32-51(48)55(50)43-19-11-6-12-20-43)40-25-30-46-49(35-40)53(38-17-9-5-10-18-38)45-22-14-13-21-44(45)52(46)37-15-7-4-8-16-37/h4-35H,1-3H3. The highest BCUT2D eigenvalue weighted by Crippen LogP contribution is 2.45. The van der Waals surface area contributed by atoms with Gasteiger partial charge in [0, 0.05) is 16.5 Å². The Labute approximate surface area is 322 Å². The van der Waals surface area contributed by atoms with Crippen molar-refractivity contribution in [3.05, 3.63) is 200 Å². The Hall–Kier alpha value is -6.70. The lowest BCUT2D eigenvalue weighted by molar-refractivity contribution is 0.590. The van der Waals surface area contributed by atoms with Crippen LogP contribution < -0.4 is 0 Å². The van der Waals surface area contributed by atoms with Crippen molar-refractivity contribution in [2.45, 2.75) is 26.2 Å². The summed E-state index contributed by atoms with van der Waals surface area (Å²) in [5, 5.41) is 7.55. The summed E-state index contributed by atoms with van der Waals surface area (Å²) in [5.74, 6) is 0. The van der Waals surface area contributed by atoms with Crippen molar-refractivity contribution in [1.29, 1.82) is 0 Å². The van der Waals surface area contributed by atoms with Crippen LogP contribution in [0.1, 0.15) is 26.3 Å². The zero-order valence-corrected chi connectivity index (χ0v) is 31.4. The number of rotatable bonds is 5. The Kier molecular flexibility index (Phi) is 7.78. The summed E-state index contributed by atoms with van der Waals surface area (Å²) in [6, 6.07) is 71.6. The van der Waals surface area contributed by atoms with Gasteiger partial charge >= 0.3 is 0 Å². The number of nitrogens with zero attached hydrogens (tertiary/aromatic N) is 1. The van der Waals surface area contributed by atoms with E-state index in [2.05, 4.69) is 219 Å². The van der Waals surface area contributed by atoms with Crippen LogP contribution in [0.3, 0.4) is 0 Å². The molecule has 0 saturated heterocycles. The van der Waals surface area contributed by atoms with Gasteiger partial charge in [-0.05, 0) is 119 Å². The predicted octanol–water partition coefficient (Wildman–Crippen LogP) is 15.1. The Morgan fingerprint density at radius 1 is 0.309 bits per heavy atom. The smallest absolute Gasteiger partial charge is 0.0541 e. The number of hydrogen-bond donors (Lipinski definition) is 0. The number of hydrogen-bond acceptors (Lipinski definition) is 0. The summed E-state index contributed by atoms with van der Waals surface area (Å²) < 4.78 is 2.41. The van der Waals surface area contributed by atoms with Crippen LogP contribution in [0.2, 0.25) is 0 Å². The Morgan fingerprint density at radius 2 is 0.709 bits per heavy atom. The van der Waals surface area contributed by atoms with Crippen LogP contribution in [0, 0.1) is 0 Å². The van der Waals surface area contributed by atoms with Crippen molar-refractivity contribution >= 4 is 43.4 Å². The highest BCUT2D eigenvalue weighted by atomic mass is 15.0. The van der Waals surface area contributed by atoms with Crippen LogP contribution in [0.4, 0.5) is 0 Å². The Bertz CT molecular complexity index is 3020. The van der Waals surface area contributed by atoms with Gasteiger partial charge in [-0.15, -0.1) is 0 Å². The van der Waals surface area contributed by atoms with Gasteiger partial charge in [-0.25, -0.2) is 0 Å². The molecule has 10 aromatic rings. The molecule has 1 nitrogen and oxygen atoms in total. The van der Waals surface area contributed by atoms with Crippen molar-refractivity contribution in [1.82, 2.24) is 4.57 Å². The van der Waals surface area contributed by atoms with Crippen LogP contribution in [-0.4, -0.2) is 4.57 Å². The summed E-state index contributed by atoms with van der Waals surface area (Å²) in [6.45, 7) is 6.81. The summed E-state index contributed by atoms with van der Waals surface area (Å²) in [7, 11) is 0. The van der Waals surface area contributed by atoms with E-state index < -0.39 is 0 Å². The maximum absolute atomic E-state index is 2.43. The Balaban J connectivity index is 1.22. The van der Waals surface area contributed by atoms with E-state index in [-0.39, 0.29) is 5.41 Å². The Morgan fingerprint density at radius 3 is 1.24 bits per heavy atom. The van der Waals surface area contributed by atoms with E-state index in [1.807, 2.05) is 0 Å². The molecule has 0 radical (unpaired) electrons. The second-order valence-electron chi connectivity index (χ2n) is 15.8. The fourth-order valence-electron chi connectivity index (χ4n) is 8.59. The fraction of sp³-hybridized carbons (Fsp3) is 0.0741. The third-order valence-corrected chi connectivity index (χ3v) is 11.3. The second kappa shape index (κ2) is 13.0. The van der Waals surface area contributed by atoms with E-state index in [1.54, 1.807) is 0 Å². The van der Waals surface area contributed by atoms with Gasteiger partial charge < -0.3 is 4.57 Å². The van der Waals surface area contributed by atoms with Crippen molar-refractivity contribution in [2.24, 2.45) is 0 Å². The van der Waals surface area contributed by atoms with Gasteiger partial charge in [0.2, 0.25) is 0 Å². The topological polar surface area (TPSA) is 4.93 Å². The molecule has 0 aliphatic heterocycles. The summed E-state index contributed by atoms with van der Waals surface area (Å²) in [4.78, 5) is 0. The number of benzene rings is 9. The van der Waals surface area contributed by atoms with Gasteiger partial charge in [0.1, 0.15) is 0 Å². The minimum absolute atomic E-state index is 0.114. The molecule has 0 aliphatic carbocycles. The van der Waals surface area contributed by atoms with Gasteiger partial charge in [0.05, 0.1) is 11.0 Å². The summed E-state index contributed by atoms with van der Waals surface area (Å²) >= 11 is 0. The highest BCUT2D eigenvalue weighted by molar-refractivity contribution is 6.22. The third-order valence-electron chi connectivity index (χ3n) is 11.3. The molecule has 0 amide bonds. The van der Waals surface area contributed by atoms with E-state index in [9.17, 15) is 0 Å². The van der Waals surface area contributed by atoms with Crippen LogP contribution in [-0.2, 0) is 5.41 Å². The normalized spacial score (nSPS) is 11.9. The minimum atomic E-state index is 0.114. The number of para-hydroxylation sites is 1. The molecule has 0 aliphatic rings. The van der Waals surface area contributed by atoms with Crippen molar-refractivity contribution in [2.75, 3.05) is 0 Å². The molecule has 0 bridgehead atoms. The first-order valence-corrected chi connectivity index (χ1v) is 19.3. The second-order valence-corrected chi connectivity index (χ2v) is 15.8. The average molecular weight is 704 g/mol. The summed E-state index contributed by atoms with van der Waals surface area (Å²) in [6.07, 6.45) is 0. The highest BCUT2D eigenvalue weighted by Gasteiger charge is 2.19. The molecule has 1 aromatic heterocycles. The molecule has 55 heavy (non-hydrogen) atoms. The van der Waals surface area contributed by atoms with Crippen LogP contribution >= 0.6 is 0 Å². The van der Waals surface area contributed by atoms with Crippen molar-refractivity contribution < 1.29 is 0 Å². The molecular formula is C54H41N. The van der Waals surface area contributed by atoms with Gasteiger partial charge in [-0.1, -0.05) is 172 Å². The largest absolute Gasteiger partial charge is 0.309 e. The fourth-order valence-corrected chi connectivity index (χ4v) is 8.59. The van der Waals surface area contributed by atoms with Gasteiger partial charge in [0.25, 0.3) is 0 Å². The van der Waals surface area contributed by atoms with Crippen LogP contribution in [0.25, 0.3) is 93.5 Å². The first-order valence-electron chi connectivity index (χ1n) is 19.3. The monoisotopic (exact) mass is 703 g/mol. The molecule has 0 saturated carbocycles. The quantitative estimate of drug-likeness (QED) is 0.157. The van der Waals surface area contributed by atoms with Crippen molar-refractivity contribution in [3.63, 3.8) is 0 Å². The zero-order valence-electron chi connectivity index (χ0n) is 31.4. The first-order chi connectivity index (χ1) is 26.9. The molecule has 0 atom stereocenters. The van der Waals surface area contributed by atoms with Gasteiger partial charge in [-0.2, -0.15) is 0 Å². The minimum Gasteiger partial charge on any atom is -0.309 e. The molecule has 0 N–H and O–H groups in total. The lowest BCUT2D eigenvalue weighted by atomic mass is 9.85. The summed E-state index contributed by atoms with van der Waals surface area (Å²) in [5.41, 5.74) is 14.9. The van der Waals surface area contributed by atoms with Crippen LogP contribution in [0.15, 0.2) is 194 Å². The molecule has 10 rings (SSSR count). The number of fused-ring (bicyclic) bond motifs is 5. The predicted molar refractivity (Wildman–Crippen MR) is 236 cm³/mol. The molecule has 0 spiro atoms. The molecule has 0 fully saturated rings. The van der Waals surface area contributed by atoms with E-state index in [0.29, 0.717) is 0 Å². The molecule has 9 aromatic carbocycles. The lowest BCUT2D eigenvalue weighted by Gasteiger charge is -2.19. The first kappa shape index (κ1) is 32.9. The van der Waals surface area contributed by atoms with E-state index in [4.69, 9.17) is 0 Å². The SMILES string of the molecule is CC(C)(C)c1ccc(-c2ccc3c(c2)c2cc(-c4ccc5c(-c6ccccc6)c6ccccc6c(-c6ccccc6)c5c4)ccc2n3-c2ccccc2)cc1. The number of aromatic nitrogens is 1. The molecule has 1 heterocycles. The lowest BCUT2D eigenvalue weighted by Crippen LogP contribution is -2.10. The molecule has 1 heteroatoms. The maximum atomic E-state index is 2.43. The zero-order chi connectivity index (χ0) is 37.1. The van der Waals surface area contributed by atoms with Gasteiger partial charge in [0.15, 0.2) is 0 Å². The molecule has 0 unspecified atom stereocenters. The molecular weight excluding hydrogens is 663 g/mol. The third kappa shape index (κ3) is 5.63. The maximum Gasteiger partial charge on any atom is 0.0541 e. The van der Waals surface area contributed by atoms with E-state index in [0.717, 1.165) is 5.69 Å².